The summed E-state index contributed by atoms with van der Waals surface area (Å²) in [7, 11) is 0. The van der Waals surface area contributed by atoms with Crippen LogP contribution in [0.5, 0.6) is 0 Å². The Morgan fingerprint density at radius 2 is 1.87 bits per heavy atom. The van der Waals surface area contributed by atoms with E-state index in [1.54, 1.807) is 0 Å². The molecule has 0 aliphatic carbocycles. The molecule has 2 nitrogen and oxygen atoms in total. The molecule has 2 aromatic carbocycles. The van der Waals surface area contributed by atoms with Gasteiger partial charge in [-0.3, -0.25) is 4.79 Å². The number of alkyl halides is 3. The second-order valence-electron chi connectivity index (χ2n) is 4.62. The van der Waals surface area contributed by atoms with Crippen molar-refractivity contribution in [2.24, 2.45) is 0 Å². The minimum absolute atomic E-state index is 0.267. The van der Waals surface area contributed by atoms with Crippen molar-refractivity contribution in [3.05, 3.63) is 65.7 Å². The molecular formula is C17H14F3NOS. The predicted octanol–water partition coefficient (Wildman–Crippen LogP) is 5.08. The molecule has 0 atom stereocenters. The fourth-order valence-corrected chi connectivity index (χ4v) is 2.68. The van der Waals surface area contributed by atoms with E-state index in [4.69, 9.17) is 0 Å². The van der Waals surface area contributed by atoms with Crippen molar-refractivity contribution in [3.8, 4) is 0 Å². The molecule has 0 aliphatic rings. The van der Waals surface area contributed by atoms with E-state index in [1.165, 1.54) is 30.0 Å². The van der Waals surface area contributed by atoms with E-state index in [1.807, 2.05) is 30.5 Å². The summed E-state index contributed by atoms with van der Waals surface area (Å²) in [6.07, 6.45) is -0.618. The molecule has 0 radical (unpaired) electrons. The molecule has 23 heavy (non-hydrogen) atoms. The highest BCUT2D eigenvalue weighted by atomic mass is 32.2. The lowest BCUT2D eigenvalue weighted by Crippen LogP contribution is -2.06. The Hall–Kier alpha value is -2.21. The summed E-state index contributed by atoms with van der Waals surface area (Å²) >= 11 is 1.49. The normalized spacial score (nSPS) is 12.1. The minimum atomic E-state index is -4.41. The molecule has 6 heteroatoms. The summed E-state index contributed by atoms with van der Waals surface area (Å²) in [5.74, 6) is 0. The van der Waals surface area contributed by atoms with Crippen LogP contribution in [0.4, 0.5) is 18.9 Å². The van der Waals surface area contributed by atoms with E-state index in [-0.39, 0.29) is 5.69 Å². The summed E-state index contributed by atoms with van der Waals surface area (Å²) < 4.78 is 38.4. The molecule has 1 N–H and O–H groups in total. The maximum atomic E-state index is 12.8. The van der Waals surface area contributed by atoms with Crippen LogP contribution >= 0.6 is 11.8 Å². The van der Waals surface area contributed by atoms with Crippen molar-refractivity contribution < 1.29 is 18.0 Å². The van der Waals surface area contributed by atoms with Gasteiger partial charge in [-0.25, -0.2) is 0 Å². The van der Waals surface area contributed by atoms with Gasteiger partial charge in [0.05, 0.1) is 11.3 Å². The molecule has 0 saturated heterocycles. The van der Waals surface area contributed by atoms with Crippen LogP contribution in [-0.4, -0.2) is 12.5 Å². The number of halogens is 3. The third kappa shape index (κ3) is 4.39. The second kappa shape index (κ2) is 7.37. The molecule has 120 valence electrons. The number of carbonyl (C=O) groups excluding carboxylic acids is 1. The first kappa shape index (κ1) is 17.1. The molecule has 2 rings (SSSR count). The molecule has 0 unspecified atom stereocenters. The summed E-state index contributed by atoms with van der Waals surface area (Å²) in [5, 5.41) is 2.90. The van der Waals surface area contributed by atoms with Crippen LogP contribution in [0.25, 0.3) is 5.70 Å². The lowest BCUT2D eigenvalue weighted by molar-refractivity contribution is -0.137. The fourth-order valence-electron chi connectivity index (χ4n) is 2.06. The van der Waals surface area contributed by atoms with Crippen molar-refractivity contribution in [2.75, 3.05) is 11.6 Å². The summed E-state index contributed by atoms with van der Waals surface area (Å²) in [6.45, 7) is 0. The number of benzene rings is 2. The molecule has 0 amide bonds. The molecule has 0 fully saturated rings. The number of carbonyl (C=O) groups is 1. The topological polar surface area (TPSA) is 29.1 Å². The number of nitrogens with one attached hydrogen (secondary N) is 1. The number of allylic oxidation sites excluding steroid dienone is 1. The Morgan fingerprint density at radius 3 is 2.52 bits per heavy atom. The lowest BCUT2D eigenvalue weighted by atomic mass is 10.1. The van der Waals surface area contributed by atoms with Crippen molar-refractivity contribution in [1.29, 1.82) is 0 Å². The monoisotopic (exact) mass is 337 g/mol. The first-order valence-electron chi connectivity index (χ1n) is 6.69. The van der Waals surface area contributed by atoms with Crippen LogP contribution in [0, 0.1) is 0 Å². The smallest absolute Gasteiger partial charge is 0.355 e. The zero-order valence-corrected chi connectivity index (χ0v) is 13.0. The number of hydrogen-bond donors (Lipinski definition) is 1. The molecule has 0 saturated carbocycles. The van der Waals surface area contributed by atoms with Gasteiger partial charge in [0.1, 0.15) is 6.29 Å². The van der Waals surface area contributed by atoms with Crippen LogP contribution in [0.2, 0.25) is 0 Å². The van der Waals surface area contributed by atoms with Gasteiger partial charge in [0.15, 0.2) is 0 Å². The maximum Gasteiger partial charge on any atom is 0.416 e. The molecule has 2 aromatic rings. The molecule has 0 bridgehead atoms. The number of rotatable bonds is 5. The predicted molar refractivity (Wildman–Crippen MR) is 87.3 cm³/mol. The van der Waals surface area contributed by atoms with Gasteiger partial charge >= 0.3 is 6.18 Å². The highest BCUT2D eigenvalue weighted by molar-refractivity contribution is 7.98. The summed E-state index contributed by atoms with van der Waals surface area (Å²) in [4.78, 5) is 11.8. The summed E-state index contributed by atoms with van der Waals surface area (Å²) in [6, 6.07) is 12.2. The van der Waals surface area contributed by atoms with E-state index in [9.17, 15) is 18.0 Å². The Kier molecular flexibility index (Phi) is 5.50. The van der Waals surface area contributed by atoms with E-state index in [2.05, 4.69) is 5.32 Å². The summed E-state index contributed by atoms with van der Waals surface area (Å²) in [5.41, 5.74) is 0.726. The second-order valence-corrected chi connectivity index (χ2v) is 5.47. The number of hydrogen-bond acceptors (Lipinski definition) is 3. The SMILES string of the molecule is CSc1ccccc1/C(=C/C=O)Nc1cccc(C(F)(F)F)c1. The molecule has 0 aromatic heterocycles. The average Bonchev–Trinajstić information content (AvgIpc) is 2.54. The Labute approximate surface area is 136 Å². The number of anilines is 1. The van der Waals surface area contributed by atoms with Gasteiger partial charge in [0, 0.05) is 22.2 Å². The van der Waals surface area contributed by atoms with Crippen molar-refractivity contribution in [1.82, 2.24) is 0 Å². The molecule has 0 spiro atoms. The van der Waals surface area contributed by atoms with Gasteiger partial charge in [-0.2, -0.15) is 13.2 Å². The minimum Gasteiger partial charge on any atom is -0.355 e. The first-order valence-corrected chi connectivity index (χ1v) is 7.91. The van der Waals surface area contributed by atoms with Gasteiger partial charge < -0.3 is 5.32 Å². The van der Waals surface area contributed by atoms with Gasteiger partial charge in [-0.1, -0.05) is 24.3 Å². The fraction of sp³-hybridized carbons (Fsp3) is 0.118. The van der Waals surface area contributed by atoms with Gasteiger partial charge in [0.25, 0.3) is 0 Å². The van der Waals surface area contributed by atoms with Gasteiger partial charge in [-0.15, -0.1) is 11.8 Å². The average molecular weight is 337 g/mol. The first-order chi connectivity index (χ1) is 11.0. The molecular weight excluding hydrogens is 323 g/mol. The standard InChI is InChI=1S/C17H14F3NOS/c1-23-16-8-3-2-7-14(16)15(9-10-22)21-13-6-4-5-12(11-13)17(18,19)20/h2-11,21H,1H3/b15-9-. The van der Waals surface area contributed by atoms with Crippen LogP contribution in [0.15, 0.2) is 59.5 Å². The molecule has 0 heterocycles. The van der Waals surface area contributed by atoms with Crippen LogP contribution < -0.4 is 5.32 Å². The Morgan fingerprint density at radius 1 is 1.13 bits per heavy atom. The quantitative estimate of drug-likeness (QED) is 0.469. The van der Waals surface area contributed by atoms with Crippen LogP contribution in [0.3, 0.4) is 0 Å². The Balaban J connectivity index is 2.38. The van der Waals surface area contributed by atoms with Crippen molar-refractivity contribution in [3.63, 3.8) is 0 Å². The lowest BCUT2D eigenvalue weighted by Gasteiger charge is -2.15. The highest BCUT2D eigenvalue weighted by Crippen LogP contribution is 2.32. The van der Waals surface area contributed by atoms with E-state index >= 15 is 0 Å². The van der Waals surface area contributed by atoms with Gasteiger partial charge in [0.2, 0.25) is 0 Å². The number of thioether (sulfide) groups is 1. The third-order valence-corrected chi connectivity index (χ3v) is 3.90. The van der Waals surface area contributed by atoms with Crippen molar-refractivity contribution >= 4 is 29.4 Å². The number of aldehydes is 1. The third-order valence-electron chi connectivity index (χ3n) is 3.10. The van der Waals surface area contributed by atoms with E-state index in [0.29, 0.717) is 12.0 Å². The van der Waals surface area contributed by atoms with Crippen molar-refractivity contribution in [2.45, 2.75) is 11.1 Å². The molecule has 0 aliphatic heterocycles. The zero-order chi connectivity index (χ0) is 16.9. The van der Waals surface area contributed by atoms with E-state index < -0.39 is 11.7 Å². The van der Waals surface area contributed by atoms with Gasteiger partial charge in [-0.05, 0) is 30.5 Å². The largest absolute Gasteiger partial charge is 0.416 e. The maximum absolute atomic E-state index is 12.8. The zero-order valence-electron chi connectivity index (χ0n) is 12.2. The Bertz CT molecular complexity index is 726. The van der Waals surface area contributed by atoms with Crippen LogP contribution in [-0.2, 0) is 11.0 Å². The van der Waals surface area contributed by atoms with Crippen LogP contribution in [0.1, 0.15) is 11.1 Å². The van der Waals surface area contributed by atoms with E-state index in [0.717, 1.165) is 22.6 Å². The highest BCUT2D eigenvalue weighted by Gasteiger charge is 2.30.